The Balaban J connectivity index is 2.00. The van der Waals surface area contributed by atoms with Crippen molar-refractivity contribution in [3.05, 3.63) is 18.2 Å². The number of nitrogen functional groups attached to an aromatic ring is 1. The van der Waals surface area contributed by atoms with Crippen LogP contribution in [-0.4, -0.2) is 42.6 Å². The minimum Gasteiger partial charge on any atom is -0.396 e. The highest BCUT2D eigenvalue weighted by Gasteiger charge is 2.24. The van der Waals surface area contributed by atoms with E-state index < -0.39 is 0 Å². The van der Waals surface area contributed by atoms with Crippen molar-refractivity contribution < 1.29 is 4.39 Å². The summed E-state index contributed by atoms with van der Waals surface area (Å²) in [6, 6.07) is 0. The van der Waals surface area contributed by atoms with Gasteiger partial charge in [-0.1, -0.05) is 20.8 Å². The molecule has 2 heterocycles. The van der Waals surface area contributed by atoms with Crippen LogP contribution in [-0.2, 0) is 0 Å². The van der Waals surface area contributed by atoms with Crippen molar-refractivity contribution in [2.24, 2.45) is 5.41 Å². The van der Waals surface area contributed by atoms with Crippen LogP contribution in [0.4, 0.5) is 15.8 Å². The summed E-state index contributed by atoms with van der Waals surface area (Å²) in [5.41, 5.74) is 7.05. The zero-order chi connectivity index (χ0) is 14.0. The van der Waals surface area contributed by atoms with Gasteiger partial charge in [0.2, 0.25) is 0 Å². The molecule has 4 nitrogen and oxygen atoms in total. The summed E-state index contributed by atoms with van der Waals surface area (Å²) < 4.78 is 13.8. The molecule has 0 saturated carbocycles. The van der Waals surface area contributed by atoms with Gasteiger partial charge in [-0.15, -0.1) is 0 Å². The number of rotatable bonds is 2. The molecule has 1 fully saturated rings. The van der Waals surface area contributed by atoms with Crippen LogP contribution in [0, 0.1) is 11.2 Å². The predicted molar refractivity (Wildman–Crippen MR) is 76.7 cm³/mol. The number of nitrogens with two attached hydrogens (primary N) is 1. The largest absolute Gasteiger partial charge is 0.396 e. The monoisotopic (exact) mass is 266 g/mol. The molecule has 0 aromatic carbocycles. The summed E-state index contributed by atoms with van der Waals surface area (Å²) in [7, 11) is 0. The van der Waals surface area contributed by atoms with Crippen molar-refractivity contribution in [1.82, 2.24) is 9.88 Å². The lowest BCUT2D eigenvalue weighted by Crippen LogP contribution is -2.49. The van der Waals surface area contributed by atoms with Crippen molar-refractivity contribution in [3.8, 4) is 0 Å². The number of nitrogens with zero attached hydrogens (tertiary/aromatic N) is 3. The van der Waals surface area contributed by atoms with Crippen LogP contribution in [0.5, 0.6) is 0 Å². The molecule has 19 heavy (non-hydrogen) atoms. The number of hydrogen-bond acceptors (Lipinski definition) is 4. The number of halogens is 1. The van der Waals surface area contributed by atoms with Gasteiger partial charge in [0.25, 0.3) is 0 Å². The molecule has 2 rings (SSSR count). The summed E-state index contributed by atoms with van der Waals surface area (Å²) in [5, 5.41) is 0. The summed E-state index contributed by atoms with van der Waals surface area (Å²) in [5.74, 6) is -0.329. The van der Waals surface area contributed by atoms with Gasteiger partial charge in [-0.2, -0.15) is 0 Å². The van der Waals surface area contributed by atoms with Crippen LogP contribution < -0.4 is 10.6 Å². The fourth-order valence-corrected chi connectivity index (χ4v) is 2.58. The van der Waals surface area contributed by atoms with Gasteiger partial charge in [0, 0.05) is 32.7 Å². The predicted octanol–water partition coefficient (Wildman–Crippen LogP) is 1.97. The fraction of sp³-hybridized carbons (Fsp3) is 0.643. The second-order valence-corrected chi connectivity index (χ2v) is 6.38. The molecule has 1 aliphatic rings. The third-order valence-corrected chi connectivity index (χ3v) is 3.29. The second kappa shape index (κ2) is 5.33. The Bertz CT molecular complexity index is 413. The molecule has 1 aliphatic heterocycles. The highest BCUT2D eigenvalue weighted by Crippen LogP contribution is 2.27. The molecule has 1 aromatic rings. The molecule has 1 saturated heterocycles. The van der Waals surface area contributed by atoms with E-state index in [9.17, 15) is 4.39 Å². The van der Waals surface area contributed by atoms with Crippen molar-refractivity contribution in [1.29, 1.82) is 0 Å². The number of pyridine rings is 1. The molecule has 0 radical (unpaired) electrons. The first kappa shape index (κ1) is 14.1. The number of hydrogen-bond donors (Lipinski definition) is 1. The van der Waals surface area contributed by atoms with Crippen LogP contribution in [0.1, 0.15) is 20.8 Å². The molecule has 0 amide bonds. The van der Waals surface area contributed by atoms with Crippen molar-refractivity contribution in [2.45, 2.75) is 20.8 Å². The molecule has 0 aliphatic carbocycles. The van der Waals surface area contributed by atoms with E-state index in [4.69, 9.17) is 5.73 Å². The summed E-state index contributed by atoms with van der Waals surface area (Å²) in [4.78, 5) is 8.21. The first-order chi connectivity index (χ1) is 8.87. The van der Waals surface area contributed by atoms with Crippen LogP contribution in [0.3, 0.4) is 0 Å². The van der Waals surface area contributed by atoms with Crippen LogP contribution in [0.2, 0.25) is 0 Å². The first-order valence-electron chi connectivity index (χ1n) is 6.73. The summed E-state index contributed by atoms with van der Waals surface area (Å²) >= 11 is 0. The Morgan fingerprint density at radius 2 is 1.84 bits per heavy atom. The average Bonchev–Trinajstić information content (AvgIpc) is 2.29. The Hall–Kier alpha value is -1.36. The molecule has 0 unspecified atom stereocenters. The Morgan fingerprint density at radius 3 is 2.37 bits per heavy atom. The molecule has 106 valence electrons. The smallest absolute Gasteiger partial charge is 0.166 e. The zero-order valence-electron chi connectivity index (χ0n) is 12.0. The highest BCUT2D eigenvalue weighted by atomic mass is 19.1. The third-order valence-electron chi connectivity index (χ3n) is 3.29. The number of piperazine rings is 1. The van der Waals surface area contributed by atoms with Gasteiger partial charge in [-0.3, -0.25) is 9.88 Å². The van der Waals surface area contributed by atoms with Gasteiger partial charge in [-0.25, -0.2) is 4.39 Å². The van der Waals surface area contributed by atoms with Gasteiger partial charge in [0.05, 0.1) is 23.8 Å². The van der Waals surface area contributed by atoms with Crippen LogP contribution in [0.15, 0.2) is 12.4 Å². The summed E-state index contributed by atoms with van der Waals surface area (Å²) in [6.07, 6.45) is 2.74. The topological polar surface area (TPSA) is 45.4 Å². The Morgan fingerprint density at radius 1 is 1.21 bits per heavy atom. The minimum absolute atomic E-state index is 0.295. The van der Waals surface area contributed by atoms with Crippen LogP contribution >= 0.6 is 0 Å². The van der Waals surface area contributed by atoms with E-state index in [1.165, 1.54) is 12.4 Å². The van der Waals surface area contributed by atoms with Crippen LogP contribution in [0.25, 0.3) is 0 Å². The maximum Gasteiger partial charge on any atom is 0.166 e. The van der Waals surface area contributed by atoms with E-state index in [2.05, 4.69) is 30.7 Å². The Labute approximate surface area is 114 Å². The molecule has 0 spiro atoms. The van der Waals surface area contributed by atoms with E-state index in [-0.39, 0.29) is 5.82 Å². The molecule has 1 aromatic heterocycles. The average molecular weight is 266 g/mol. The van der Waals surface area contributed by atoms with E-state index in [1.54, 1.807) is 0 Å². The maximum atomic E-state index is 13.8. The molecular formula is C14H23FN4. The standard InChI is InChI=1S/C14H23FN4/c1-14(2,3)10-18-4-6-19(7-5-18)13-11(15)8-17-9-12(13)16/h8-9H,4-7,10,16H2,1-3H3. The molecule has 0 bridgehead atoms. The molecule has 2 N–H and O–H groups in total. The van der Waals surface area contributed by atoms with Crippen molar-refractivity contribution in [2.75, 3.05) is 43.4 Å². The lowest BCUT2D eigenvalue weighted by Gasteiger charge is -2.39. The lowest BCUT2D eigenvalue weighted by molar-refractivity contribution is 0.182. The van der Waals surface area contributed by atoms with E-state index in [0.717, 1.165) is 32.7 Å². The maximum absolute atomic E-state index is 13.8. The second-order valence-electron chi connectivity index (χ2n) is 6.38. The minimum atomic E-state index is -0.329. The molecule has 5 heteroatoms. The first-order valence-corrected chi connectivity index (χ1v) is 6.73. The highest BCUT2D eigenvalue weighted by molar-refractivity contribution is 5.67. The van der Waals surface area contributed by atoms with Gasteiger partial charge in [0.15, 0.2) is 5.82 Å². The normalized spacial score (nSPS) is 17.8. The Kier molecular flexibility index (Phi) is 3.94. The molecule has 0 atom stereocenters. The van der Waals surface area contributed by atoms with Gasteiger partial charge in [0.1, 0.15) is 0 Å². The van der Waals surface area contributed by atoms with E-state index in [1.807, 2.05) is 4.90 Å². The third kappa shape index (κ3) is 3.56. The number of anilines is 2. The quantitative estimate of drug-likeness (QED) is 0.889. The zero-order valence-corrected chi connectivity index (χ0v) is 12.0. The van der Waals surface area contributed by atoms with E-state index in [0.29, 0.717) is 16.8 Å². The number of aromatic nitrogens is 1. The van der Waals surface area contributed by atoms with E-state index >= 15 is 0 Å². The van der Waals surface area contributed by atoms with Crippen molar-refractivity contribution >= 4 is 11.4 Å². The summed E-state index contributed by atoms with van der Waals surface area (Å²) in [6.45, 7) is 11.3. The van der Waals surface area contributed by atoms with Crippen molar-refractivity contribution in [3.63, 3.8) is 0 Å². The van der Waals surface area contributed by atoms with Gasteiger partial charge < -0.3 is 10.6 Å². The lowest BCUT2D eigenvalue weighted by atomic mass is 9.96. The SMILES string of the molecule is CC(C)(C)CN1CCN(c2c(N)cncc2F)CC1. The van der Waals surface area contributed by atoms with Gasteiger partial charge in [-0.05, 0) is 5.41 Å². The van der Waals surface area contributed by atoms with Gasteiger partial charge >= 0.3 is 0 Å². The molecular weight excluding hydrogens is 243 g/mol. The fourth-order valence-electron chi connectivity index (χ4n) is 2.58.